The zero-order valence-electron chi connectivity index (χ0n) is 15.6. The average Bonchev–Trinajstić information content (AvgIpc) is 2.64. The average molecular weight is 376 g/mol. The number of hydrogen-bond acceptors (Lipinski definition) is 8. The Bertz CT molecular complexity index is 379. The Labute approximate surface area is 154 Å². The molecule has 8 nitrogen and oxygen atoms in total. The minimum Gasteiger partial charge on any atom is -0.460 e. The molecule has 2 N–H and O–H groups in total. The van der Waals surface area contributed by atoms with E-state index in [2.05, 4.69) is 16.4 Å². The second-order valence-electron chi connectivity index (χ2n) is 5.98. The summed E-state index contributed by atoms with van der Waals surface area (Å²) >= 11 is 0. The summed E-state index contributed by atoms with van der Waals surface area (Å²) in [5.41, 5.74) is 0. The Hall–Kier alpha value is -1.67. The molecule has 0 unspecified atom stereocenters. The molecule has 0 saturated carbocycles. The van der Waals surface area contributed by atoms with Crippen molar-refractivity contribution in [2.45, 2.75) is 77.4 Å². The zero-order valence-corrected chi connectivity index (χ0v) is 15.6. The Morgan fingerprint density at radius 2 is 1.15 bits per heavy atom. The molecule has 0 aliphatic rings. The lowest BCUT2D eigenvalue weighted by atomic mass is 10.1. The maximum atomic E-state index is 11.8. The molecule has 0 aliphatic carbocycles. The van der Waals surface area contributed by atoms with Crippen LogP contribution < -0.4 is 0 Å². The second-order valence-corrected chi connectivity index (χ2v) is 5.98. The smallest absolute Gasteiger partial charge is 0.389 e. The molecule has 0 saturated heterocycles. The number of unbranched alkanes of at least 4 members (excludes halogenated alkanes) is 9. The van der Waals surface area contributed by atoms with Crippen molar-refractivity contribution in [1.82, 2.24) is 0 Å². The van der Waals surface area contributed by atoms with Crippen LogP contribution >= 0.6 is 0 Å². The Balaban J connectivity index is 3.84. The number of aliphatic hydroxyl groups is 2. The Morgan fingerprint density at radius 3 is 1.58 bits per heavy atom. The summed E-state index contributed by atoms with van der Waals surface area (Å²) in [5, 5.41) is 17.2. The van der Waals surface area contributed by atoms with Gasteiger partial charge in [-0.25, -0.2) is 14.4 Å². The molecule has 0 radical (unpaired) electrons. The summed E-state index contributed by atoms with van der Waals surface area (Å²) in [4.78, 5) is 33.8. The van der Waals surface area contributed by atoms with E-state index in [-0.39, 0.29) is 6.61 Å². The van der Waals surface area contributed by atoms with E-state index in [0.29, 0.717) is 6.42 Å². The minimum absolute atomic E-state index is 0.110. The van der Waals surface area contributed by atoms with Crippen molar-refractivity contribution in [2.75, 3.05) is 19.8 Å². The molecule has 0 aromatic carbocycles. The maximum Gasteiger partial charge on any atom is 0.389 e. The molecule has 152 valence electrons. The van der Waals surface area contributed by atoms with E-state index in [0.717, 1.165) is 19.3 Å². The SMILES string of the molecule is CCCCCCCCCCCCOC(=O)C(OC(=O)CO)OC(=O)CO. The van der Waals surface area contributed by atoms with E-state index < -0.39 is 37.4 Å². The van der Waals surface area contributed by atoms with Crippen LogP contribution in [0.4, 0.5) is 0 Å². The van der Waals surface area contributed by atoms with E-state index in [1.165, 1.54) is 38.5 Å². The van der Waals surface area contributed by atoms with Crippen molar-refractivity contribution in [3.8, 4) is 0 Å². The standard InChI is InChI=1S/C18H32O8/c1-2-3-4-5-6-7-8-9-10-11-12-24-17(23)18(25-15(21)13-19)26-16(22)14-20/h18-20H,2-14H2,1H3. The van der Waals surface area contributed by atoms with Crippen LogP contribution in [0.3, 0.4) is 0 Å². The quantitative estimate of drug-likeness (QED) is 0.238. The molecule has 0 aliphatic heterocycles. The van der Waals surface area contributed by atoms with Gasteiger partial charge < -0.3 is 24.4 Å². The van der Waals surface area contributed by atoms with E-state index in [4.69, 9.17) is 14.9 Å². The van der Waals surface area contributed by atoms with Gasteiger partial charge in [-0.3, -0.25) is 0 Å². The molecular weight excluding hydrogens is 344 g/mol. The molecule has 0 aromatic heterocycles. The van der Waals surface area contributed by atoms with Crippen LogP contribution in [0.5, 0.6) is 0 Å². The number of carbonyl (C=O) groups is 3. The number of ether oxygens (including phenoxy) is 3. The highest BCUT2D eigenvalue weighted by Crippen LogP contribution is 2.10. The molecule has 0 bridgehead atoms. The van der Waals surface area contributed by atoms with Crippen LogP contribution in [0, 0.1) is 0 Å². The van der Waals surface area contributed by atoms with E-state index in [1.807, 2.05) is 0 Å². The number of hydrogen-bond donors (Lipinski definition) is 2. The molecule has 0 spiro atoms. The predicted molar refractivity (Wildman–Crippen MR) is 92.9 cm³/mol. The van der Waals surface area contributed by atoms with E-state index >= 15 is 0 Å². The lowest BCUT2D eigenvalue weighted by molar-refractivity contribution is -0.206. The van der Waals surface area contributed by atoms with Crippen LogP contribution in [0.2, 0.25) is 0 Å². The summed E-state index contributed by atoms with van der Waals surface area (Å²) in [6.45, 7) is 0.360. The molecule has 0 fully saturated rings. The van der Waals surface area contributed by atoms with Crippen molar-refractivity contribution in [3.63, 3.8) is 0 Å². The second kappa shape index (κ2) is 16.8. The first-order valence-electron chi connectivity index (χ1n) is 9.32. The van der Waals surface area contributed by atoms with Crippen molar-refractivity contribution in [3.05, 3.63) is 0 Å². The number of aliphatic hydroxyl groups excluding tert-OH is 2. The summed E-state index contributed by atoms with van der Waals surface area (Å²) < 4.78 is 13.8. The van der Waals surface area contributed by atoms with Crippen molar-refractivity contribution < 1.29 is 38.8 Å². The molecule has 0 amide bonds. The van der Waals surface area contributed by atoms with Crippen LogP contribution in [0.15, 0.2) is 0 Å². The van der Waals surface area contributed by atoms with Gasteiger partial charge in [-0.05, 0) is 6.42 Å². The number of rotatable bonds is 16. The first-order valence-corrected chi connectivity index (χ1v) is 9.32. The van der Waals surface area contributed by atoms with Crippen LogP contribution in [0.25, 0.3) is 0 Å². The lowest BCUT2D eigenvalue weighted by Gasteiger charge is -2.16. The molecule has 0 rings (SSSR count). The summed E-state index contributed by atoms with van der Waals surface area (Å²) in [5.74, 6) is -3.34. The van der Waals surface area contributed by atoms with Gasteiger partial charge in [0.2, 0.25) is 0 Å². The van der Waals surface area contributed by atoms with Gasteiger partial charge >= 0.3 is 24.2 Å². The fourth-order valence-corrected chi connectivity index (χ4v) is 2.26. The maximum absolute atomic E-state index is 11.8. The predicted octanol–water partition coefficient (Wildman–Crippen LogP) is 1.85. The normalized spacial score (nSPS) is 10.6. The first-order chi connectivity index (χ1) is 12.5. The van der Waals surface area contributed by atoms with Gasteiger partial charge in [0.1, 0.15) is 13.2 Å². The number of carbonyl (C=O) groups excluding carboxylic acids is 3. The number of esters is 3. The van der Waals surface area contributed by atoms with Gasteiger partial charge in [-0.1, -0.05) is 64.7 Å². The van der Waals surface area contributed by atoms with Crippen molar-refractivity contribution in [2.24, 2.45) is 0 Å². The van der Waals surface area contributed by atoms with Gasteiger partial charge in [0.05, 0.1) is 6.61 Å². The van der Waals surface area contributed by atoms with E-state index in [9.17, 15) is 14.4 Å². The summed E-state index contributed by atoms with van der Waals surface area (Å²) in [6, 6.07) is 0. The van der Waals surface area contributed by atoms with Crippen LogP contribution in [-0.2, 0) is 28.6 Å². The highest BCUT2D eigenvalue weighted by Gasteiger charge is 2.28. The molecule has 0 atom stereocenters. The fraction of sp³-hybridized carbons (Fsp3) is 0.833. The van der Waals surface area contributed by atoms with Gasteiger partial charge in [-0.2, -0.15) is 0 Å². The third-order valence-electron chi connectivity index (χ3n) is 3.67. The highest BCUT2D eigenvalue weighted by molar-refractivity contribution is 5.81. The molecule has 0 aromatic rings. The largest absolute Gasteiger partial charge is 0.460 e. The van der Waals surface area contributed by atoms with Crippen molar-refractivity contribution in [1.29, 1.82) is 0 Å². The third-order valence-corrected chi connectivity index (χ3v) is 3.67. The highest BCUT2D eigenvalue weighted by atomic mass is 16.7. The third kappa shape index (κ3) is 13.6. The Morgan fingerprint density at radius 1 is 0.731 bits per heavy atom. The van der Waals surface area contributed by atoms with Gasteiger partial charge in [0.25, 0.3) is 0 Å². The summed E-state index contributed by atoms with van der Waals surface area (Å²) in [7, 11) is 0. The van der Waals surface area contributed by atoms with Gasteiger partial charge in [0, 0.05) is 0 Å². The van der Waals surface area contributed by atoms with Gasteiger partial charge in [0.15, 0.2) is 0 Å². The molecule has 8 heteroatoms. The van der Waals surface area contributed by atoms with Crippen LogP contribution in [0.1, 0.15) is 71.1 Å². The topological polar surface area (TPSA) is 119 Å². The first kappa shape index (κ1) is 24.3. The zero-order chi connectivity index (χ0) is 19.6. The minimum atomic E-state index is -1.92. The fourth-order valence-electron chi connectivity index (χ4n) is 2.26. The molecule has 0 heterocycles. The molecular formula is C18H32O8. The van der Waals surface area contributed by atoms with E-state index in [1.54, 1.807) is 0 Å². The molecule has 26 heavy (non-hydrogen) atoms. The summed E-state index contributed by atoms with van der Waals surface area (Å²) in [6.07, 6.45) is 9.42. The van der Waals surface area contributed by atoms with Crippen LogP contribution in [-0.4, -0.2) is 54.2 Å². The van der Waals surface area contributed by atoms with Crippen molar-refractivity contribution >= 4 is 17.9 Å². The lowest BCUT2D eigenvalue weighted by Crippen LogP contribution is -2.35. The monoisotopic (exact) mass is 376 g/mol. The van der Waals surface area contributed by atoms with Gasteiger partial charge in [-0.15, -0.1) is 0 Å². The Kier molecular flexibility index (Phi) is 15.7.